The SMILES string of the molecule is CC(C)(C)CCNC(=O)c1ccc(-n2cnc3ccccc32)cc1. The fourth-order valence-electron chi connectivity index (χ4n) is 2.59. The highest BCUT2D eigenvalue weighted by Crippen LogP contribution is 2.19. The zero-order valence-corrected chi connectivity index (χ0v) is 14.4. The van der Waals surface area contributed by atoms with Crippen LogP contribution in [-0.2, 0) is 0 Å². The van der Waals surface area contributed by atoms with Gasteiger partial charge in [-0.15, -0.1) is 0 Å². The number of carbonyl (C=O) groups excluding carboxylic acids is 1. The number of hydrogen-bond acceptors (Lipinski definition) is 2. The van der Waals surface area contributed by atoms with Crippen LogP contribution in [0.15, 0.2) is 54.9 Å². The van der Waals surface area contributed by atoms with Crippen molar-refractivity contribution in [3.05, 3.63) is 60.4 Å². The topological polar surface area (TPSA) is 46.9 Å². The van der Waals surface area contributed by atoms with E-state index in [0.717, 1.165) is 23.1 Å². The number of nitrogens with zero attached hydrogens (tertiary/aromatic N) is 2. The van der Waals surface area contributed by atoms with Gasteiger partial charge in [0.2, 0.25) is 0 Å². The molecule has 0 saturated carbocycles. The van der Waals surface area contributed by atoms with Crippen LogP contribution < -0.4 is 5.32 Å². The van der Waals surface area contributed by atoms with Crippen LogP contribution in [-0.4, -0.2) is 22.0 Å². The minimum atomic E-state index is -0.0266. The third kappa shape index (κ3) is 3.65. The van der Waals surface area contributed by atoms with Crippen molar-refractivity contribution in [1.82, 2.24) is 14.9 Å². The molecule has 0 atom stereocenters. The van der Waals surface area contributed by atoms with Gasteiger partial charge in [-0.3, -0.25) is 9.36 Å². The summed E-state index contributed by atoms with van der Waals surface area (Å²) < 4.78 is 2.02. The highest BCUT2D eigenvalue weighted by atomic mass is 16.1. The van der Waals surface area contributed by atoms with Crippen molar-refractivity contribution in [2.24, 2.45) is 5.41 Å². The first kappa shape index (κ1) is 16.2. The molecule has 0 aliphatic heterocycles. The molecule has 4 heteroatoms. The van der Waals surface area contributed by atoms with E-state index in [0.29, 0.717) is 12.1 Å². The lowest BCUT2D eigenvalue weighted by Gasteiger charge is -2.18. The molecular weight excluding hydrogens is 298 g/mol. The molecule has 4 nitrogen and oxygen atoms in total. The standard InChI is InChI=1S/C20H23N3O/c1-20(2,3)12-13-21-19(24)15-8-10-16(11-9-15)23-14-22-17-6-4-5-7-18(17)23/h4-11,14H,12-13H2,1-3H3,(H,21,24). The maximum absolute atomic E-state index is 12.2. The van der Waals surface area contributed by atoms with E-state index in [2.05, 4.69) is 31.1 Å². The number of benzene rings is 2. The van der Waals surface area contributed by atoms with E-state index in [9.17, 15) is 4.79 Å². The van der Waals surface area contributed by atoms with Gasteiger partial charge >= 0.3 is 0 Å². The third-order valence-corrected chi connectivity index (χ3v) is 4.02. The normalized spacial score (nSPS) is 11.6. The van der Waals surface area contributed by atoms with E-state index in [1.165, 1.54) is 0 Å². The Morgan fingerprint density at radius 1 is 1.08 bits per heavy atom. The molecule has 0 radical (unpaired) electrons. The largest absolute Gasteiger partial charge is 0.352 e. The lowest BCUT2D eigenvalue weighted by atomic mass is 9.92. The Morgan fingerprint density at radius 2 is 1.79 bits per heavy atom. The van der Waals surface area contributed by atoms with Gasteiger partial charge in [0.25, 0.3) is 5.91 Å². The smallest absolute Gasteiger partial charge is 0.251 e. The lowest BCUT2D eigenvalue weighted by molar-refractivity contribution is 0.0949. The van der Waals surface area contributed by atoms with Crippen molar-refractivity contribution < 1.29 is 4.79 Å². The van der Waals surface area contributed by atoms with Crippen molar-refractivity contribution in [2.75, 3.05) is 6.54 Å². The van der Waals surface area contributed by atoms with Crippen molar-refractivity contribution in [2.45, 2.75) is 27.2 Å². The quantitative estimate of drug-likeness (QED) is 0.783. The molecule has 2 aromatic carbocycles. The first-order valence-electron chi connectivity index (χ1n) is 8.25. The van der Waals surface area contributed by atoms with Gasteiger partial charge in [0.15, 0.2) is 0 Å². The van der Waals surface area contributed by atoms with Gasteiger partial charge < -0.3 is 5.32 Å². The Balaban J connectivity index is 1.72. The van der Waals surface area contributed by atoms with Crippen LogP contribution in [0.25, 0.3) is 16.7 Å². The van der Waals surface area contributed by atoms with E-state index in [4.69, 9.17) is 0 Å². The molecule has 0 unspecified atom stereocenters. The van der Waals surface area contributed by atoms with Crippen LogP contribution >= 0.6 is 0 Å². The molecular formula is C20H23N3O. The highest BCUT2D eigenvalue weighted by Gasteiger charge is 2.11. The van der Waals surface area contributed by atoms with E-state index in [1.807, 2.05) is 59.4 Å². The van der Waals surface area contributed by atoms with Crippen molar-refractivity contribution >= 4 is 16.9 Å². The molecule has 0 spiro atoms. The number of amides is 1. The number of para-hydroxylation sites is 2. The summed E-state index contributed by atoms with van der Waals surface area (Å²) in [5, 5.41) is 2.98. The second kappa shape index (κ2) is 6.48. The summed E-state index contributed by atoms with van der Waals surface area (Å²) in [6, 6.07) is 15.6. The summed E-state index contributed by atoms with van der Waals surface area (Å²) in [6.45, 7) is 7.20. The van der Waals surface area contributed by atoms with E-state index in [1.54, 1.807) is 0 Å². The van der Waals surface area contributed by atoms with Crippen LogP contribution in [0.2, 0.25) is 0 Å². The lowest BCUT2D eigenvalue weighted by Crippen LogP contribution is -2.27. The summed E-state index contributed by atoms with van der Waals surface area (Å²) in [6.07, 6.45) is 2.76. The Morgan fingerprint density at radius 3 is 2.50 bits per heavy atom. The fraction of sp³-hybridized carbons (Fsp3) is 0.300. The molecule has 3 aromatic rings. The average molecular weight is 321 g/mol. The number of fused-ring (bicyclic) bond motifs is 1. The van der Waals surface area contributed by atoms with Gasteiger partial charge in [-0.2, -0.15) is 0 Å². The predicted octanol–water partition coefficient (Wildman–Crippen LogP) is 4.19. The first-order chi connectivity index (χ1) is 11.4. The molecule has 0 saturated heterocycles. The van der Waals surface area contributed by atoms with Gasteiger partial charge in [0, 0.05) is 17.8 Å². The fourth-order valence-corrected chi connectivity index (χ4v) is 2.59. The van der Waals surface area contributed by atoms with Crippen LogP contribution in [0.4, 0.5) is 0 Å². The van der Waals surface area contributed by atoms with Gasteiger partial charge in [0.05, 0.1) is 11.0 Å². The Hall–Kier alpha value is -2.62. The molecule has 1 N–H and O–H groups in total. The minimum absolute atomic E-state index is 0.0266. The zero-order valence-electron chi connectivity index (χ0n) is 14.4. The second-order valence-corrected chi connectivity index (χ2v) is 7.22. The number of aromatic nitrogens is 2. The van der Waals surface area contributed by atoms with Crippen LogP contribution in [0.3, 0.4) is 0 Å². The van der Waals surface area contributed by atoms with Crippen LogP contribution in [0.5, 0.6) is 0 Å². The summed E-state index contributed by atoms with van der Waals surface area (Å²) in [5.41, 5.74) is 3.91. The summed E-state index contributed by atoms with van der Waals surface area (Å²) >= 11 is 0. The molecule has 124 valence electrons. The molecule has 0 bridgehead atoms. The molecule has 24 heavy (non-hydrogen) atoms. The summed E-state index contributed by atoms with van der Waals surface area (Å²) in [4.78, 5) is 16.6. The molecule has 1 aromatic heterocycles. The molecule has 3 rings (SSSR count). The van der Waals surface area contributed by atoms with E-state index >= 15 is 0 Å². The van der Waals surface area contributed by atoms with Crippen molar-refractivity contribution in [3.63, 3.8) is 0 Å². The number of hydrogen-bond donors (Lipinski definition) is 1. The monoisotopic (exact) mass is 321 g/mol. The van der Waals surface area contributed by atoms with E-state index < -0.39 is 0 Å². The molecule has 1 amide bonds. The van der Waals surface area contributed by atoms with Crippen LogP contribution in [0, 0.1) is 5.41 Å². The predicted molar refractivity (Wildman–Crippen MR) is 97.5 cm³/mol. The number of rotatable bonds is 4. The minimum Gasteiger partial charge on any atom is -0.352 e. The van der Waals surface area contributed by atoms with Crippen molar-refractivity contribution in [1.29, 1.82) is 0 Å². The second-order valence-electron chi connectivity index (χ2n) is 7.22. The van der Waals surface area contributed by atoms with Gasteiger partial charge in [0.1, 0.15) is 6.33 Å². The first-order valence-corrected chi connectivity index (χ1v) is 8.25. The summed E-state index contributed by atoms with van der Waals surface area (Å²) in [7, 11) is 0. The molecule has 0 aliphatic rings. The van der Waals surface area contributed by atoms with E-state index in [-0.39, 0.29) is 11.3 Å². The number of nitrogens with one attached hydrogen (secondary N) is 1. The maximum Gasteiger partial charge on any atom is 0.251 e. The highest BCUT2D eigenvalue weighted by molar-refractivity contribution is 5.94. The molecule has 0 aliphatic carbocycles. The van der Waals surface area contributed by atoms with Crippen molar-refractivity contribution in [3.8, 4) is 5.69 Å². The Labute approximate surface area is 142 Å². The maximum atomic E-state index is 12.2. The van der Waals surface area contributed by atoms with Gasteiger partial charge in [-0.1, -0.05) is 32.9 Å². The van der Waals surface area contributed by atoms with Crippen LogP contribution in [0.1, 0.15) is 37.6 Å². The Bertz CT molecular complexity index is 841. The third-order valence-electron chi connectivity index (χ3n) is 4.02. The number of imidazole rings is 1. The van der Waals surface area contributed by atoms with Gasteiger partial charge in [-0.25, -0.2) is 4.98 Å². The summed E-state index contributed by atoms with van der Waals surface area (Å²) in [5.74, 6) is -0.0266. The van der Waals surface area contributed by atoms with Gasteiger partial charge in [-0.05, 0) is 48.2 Å². The zero-order chi connectivity index (χ0) is 17.2. The number of carbonyl (C=O) groups is 1. The molecule has 0 fully saturated rings. The molecule has 1 heterocycles. The Kier molecular flexibility index (Phi) is 4.38. The average Bonchev–Trinajstić information content (AvgIpc) is 2.98.